The Morgan fingerprint density at radius 3 is 2.43 bits per heavy atom. The molecule has 1 atom stereocenters. The average molecular weight is 501 g/mol. The molecule has 188 valence electrons. The molecule has 5 rings (SSSR count). The van der Waals surface area contributed by atoms with E-state index < -0.39 is 17.7 Å². The number of hydrogen-bond donors (Lipinski definition) is 2. The lowest BCUT2D eigenvalue weighted by Crippen LogP contribution is -2.30. The summed E-state index contributed by atoms with van der Waals surface area (Å²) in [5.41, 5.74) is 2.63. The van der Waals surface area contributed by atoms with Crippen LogP contribution >= 0.6 is 0 Å². The van der Waals surface area contributed by atoms with Crippen molar-refractivity contribution in [1.82, 2.24) is 15.0 Å². The van der Waals surface area contributed by atoms with Crippen molar-refractivity contribution in [2.24, 2.45) is 0 Å². The number of pyridine rings is 1. The fourth-order valence-corrected chi connectivity index (χ4v) is 4.52. The third-order valence-electron chi connectivity index (χ3n) is 6.34. The summed E-state index contributed by atoms with van der Waals surface area (Å²) in [5, 5.41) is 11.4. The second kappa shape index (κ2) is 9.30. The minimum atomic E-state index is -0.973. The molecule has 1 unspecified atom stereocenters. The highest BCUT2D eigenvalue weighted by Crippen LogP contribution is 2.42. The molecule has 0 spiro atoms. The van der Waals surface area contributed by atoms with Crippen molar-refractivity contribution in [3.63, 3.8) is 0 Å². The third-order valence-corrected chi connectivity index (χ3v) is 6.34. The number of methoxy groups -OCH3 is 3. The van der Waals surface area contributed by atoms with Crippen LogP contribution < -0.4 is 19.1 Å². The van der Waals surface area contributed by atoms with Gasteiger partial charge in [0.15, 0.2) is 11.5 Å². The van der Waals surface area contributed by atoms with E-state index in [9.17, 15) is 14.7 Å². The van der Waals surface area contributed by atoms with Crippen molar-refractivity contribution in [3.05, 3.63) is 77.1 Å². The van der Waals surface area contributed by atoms with Gasteiger partial charge in [0, 0.05) is 30.1 Å². The van der Waals surface area contributed by atoms with Gasteiger partial charge in [-0.2, -0.15) is 0 Å². The first-order valence-electron chi connectivity index (χ1n) is 11.4. The Bertz CT molecular complexity index is 1520. The van der Waals surface area contributed by atoms with Crippen LogP contribution in [0, 0.1) is 6.92 Å². The molecule has 4 aromatic rings. The number of H-pyrrole nitrogens is 1. The SMILES string of the molecule is COc1ccc(/C(O)=C2\C(=O)C(=O)N(c3nc4cc(OC)c(OC)cc4[nH]3)C2c2cccnc2)c(C)c1. The van der Waals surface area contributed by atoms with Gasteiger partial charge in [0.1, 0.15) is 11.5 Å². The molecule has 1 aliphatic heterocycles. The van der Waals surface area contributed by atoms with E-state index in [4.69, 9.17) is 14.2 Å². The first kappa shape index (κ1) is 23.9. The fraction of sp³-hybridized carbons (Fsp3) is 0.185. The minimum Gasteiger partial charge on any atom is -0.507 e. The summed E-state index contributed by atoms with van der Waals surface area (Å²) < 4.78 is 16.0. The van der Waals surface area contributed by atoms with Crippen LogP contribution in [0.1, 0.15) is 22.7 Å². The molecule has 1 saturated heterocycles. The van der Waals surface area contributed by atoms with E-state index in [0.29, 0.717) is 45.0 Å². The summed E-state index contributed by atoms with van der Waals surface area (Å²) in [6.07, 6.45) is 3.13. The molecule has 37 heavy (non-hydrogen) atoms. The van der Waals surface area contributed by atoms with E-state index in [1.807, 2.05) is 0 Å². The summed E-state index contributed by atoms with van der Waals surface area (Å²) in [6, 6.07) is 10.9. The number of carbonyl (C=O) groups is 2. The maximum absolute atomic E-state index is 13.4. The van der Waals surface area contributed by atoms with Crippen molar-refractivity contribution >= 4 is 34.4 Å². The Morgan fingerprint density at radius 1 is 1.03 bits per heavy atom. The number of nitrogens with zero attached hydrogens (tertiary/aromatic N) is 3. The monoisotopic (exact) mass is 500 g/mol. The standard InChI is InChI=1S/C27H24N4O6/c1-14-10-16(35-2)7-8-17(14)24(32)22-23(15-6-5-9-28-13-15)31(26(34)25(22)33)27-29-18-11-20(36-3)21(37-4)12-19(18)30-27/h5-13,23,32H,1-4H3,(H,29,30)/b24-22+. The number of aryl methyl sites for hydroxylation is 1. The number of ether oxygens (including phenoxy) is 3. The van der Waals surface area contributed by atoms with E-state index in [2.05, 4.69) is 15.0 Å². The number of imidazole rings is 1. The number of ketones is 1. The van der Waals surface area contributed by atoms with Crippen LogP contribution in [0.25, 0.3) is 16.8 Å². The van der Waals surface area contributed by atoms with Crippen molar-refractivity contribution in [1.29, 1.82) is 0 Å². The molecule has 2 aromatic heterocycles. The maximum atomic E-state index is 13.4. The van der Waals surface area contributed by atoms with Gasteiger partial charge >= 0.3 is 5.91 Å². The van der Waals surface area contributed by atoms with E-state index in [1.54, 1.807) is 68.9 Å². The normalized spacial score (nSPS) is 16.9. The van der Waals surface area contributed by atoms with Crippen LogP contribution in [0.3, 0.4) is 0 Å². The van der Waals surface area contributed by atoms with Gasteiger partial charge in [-0.05, 0) is 42.3 Å². The van der Waals surface area contributed by atoms with Gasteiger partial charge in [-0.25, -0.2) is 4.98 Å². The van der Waals surface area contributed by atoms with Gasteiger partial charge in [-0.3, -0.25) is 19.5 Å². The quantitative estimate of drug-likeness (QED) is 0.232. The van der Waals surface area contributed by atoms with Gasteiger partial charge < -0.3 is 24.3 Å². The Labute approximate surface area is 212 Å². The van der Waals surface area contributed by atoms with Crippen LogP contribution in [0.4, 0.5) is 5.95 Å². The number of aliphatic hydroxyl groups is 1. The third kappa shape index (κ3) is 3.92. The van der Waals surface area contributed by atoms with Crippen molar-refractivity contribution in [2.45, 2.75) is 13.0 Å². The average Bonchev–Trinajstić information content (AvgIpc) is 3.45. The zero-order valence-corrected chi connectivity index (χ0v) is 20.6. The van der Waals surface area contributed by atoms with Gasteiger partial charge in [-0.1, -0.05) is 6.07 Å². The number of aromatic nitrogens is 3. The van der Waals surface area contributed by atoms with Crippen LogP contribution in [-0.4, -0.2) is 53.1 Å². The number of carbonyl (C=O) groups excluding carboxylic acids is 2. The number of rotatable bonds is 6. The Kier molecular flexibility index (Phi) is 6.00. The van der Waals surface area contributed by atoms with E-state index >= 15 is 0 Å². The zero-order chi connectivity index (χ0) is 26.3. The van der Waals surface area contributed by atoms with Gasteiger partial charge in [0.2, 0.25) is 5.95 Å². The highest BCUT2D eigenvalue weighted by atomic mass is 16.5. The summed E-state index contributed by atoms with van der Waals surface area (Å²) >= 11 is 0. The second-order valence-corrected chi connectivity index (χ2v) is 8.42. The summed E-state index contributed by atoms with van der Waals surface area (Å²) in [6.45, 7) is 1.78. The first-order chi connectivity index (χ1) is 17.9. The molecule has 0 bridgehead atoms. The molecule has 2 aromatic carbocycles. The topological polar surface area (TPSA) is 127 Å². The first-order valence-corrected chi connectivity index (χ1v) is 11.4. The molecule has 0 saturated carbocycles. The number of anilines is 1. The molecule has 1 fully saturated rings. The van der Waals surface area contributed by atoms with Crippen LogP contribution in [-0.2, 0) is 9.59 Å². The number of aliphatic hydroxyl groups excluding tert-OH is 1. The highest BCUT2D eigenvalue weighted by Gasteiger charge is 2.48. The number of benzene rings is 2. The smallest absolute Gasteiger partial charge is 0.302 e. The molecular formula is C27H24N4O6. The predicted octanol–water partition coefficient (Wildman–Crippen LogP) is 3.92. The molecule has 10 nitrogen and oxygen atoms in total. The lowest BCUT2D eigenvalue weighted by Gasteiger charge is -2.22. The van der Waals surface area contributed by atoms with Crippen LogP contribution in [0.2, 0.25) is 0 Å². The predicted molar refractivity (Wildman–Crippen MR) is 136 cm³/mol. The minimum absolute atomic E-state index is 0.0677. The van der Waals surface area contributed by atoms with E-state index in [1.165, 1.54) is 19.1 Å². The fourth-order valence-electron chi connectivity index (χ4n) is 4.52. The Hall–Kier alpha value is -4.86. The molecule has 3 heterocycles. The van der Waals surface area contributed by atoms with Crippen molar-refractivity contribution in [3.8, 4) is 17.2 Å². The molecule has 1 amide bonds. The Balaban J connectivity index is 1.71. The van der Waals surface area contributed by atoms with Gasteiger partial charge in [0.25, 0.3) is 5.78 Å². The number of hydrogen-bond acceptors (Lipinski definition) is 8. The molecule has 10 heteroatoms. The largest absolute Gasteiger partial charge is 0.507 e. The van der Waals surface area contributed by atoms with Crippen molar-refractivity contribution < 1.29 is 28.9 Å². The van der Waals surface area contributed by atoms with Crippen molar-refractivity contribution in [2.75, 3.05) is 26.2 Å². The lowest BCUT2D eigenvalue weighted by atomic mass is 9.95. The van der Waals surface area contributed by atoms with Gasteiger partial charge in [-0.15, -0.1) is 0 Å². The number of Topliss-reactive ketones (excluding diaryl/α,β-unsaturated/α-hetero) is 1. The molecular weight excluding hydrogens is 476 g/mol. The highest BCUT2D eigenvalue weighted by molar-refractivity contribution is 6.51. The number of fused-ring (bicyclic) bond motifs is 1. The van der Waals surface area contributed by atoms with Crippen LogP contribution in [0.15, 0.2) is 60.4 Å². The number of aromatic amines is 1. The number of nitrogens with one attached hydrogen (secondary N) is 1. The second-order valence-electron chi connectivity index (χ2n) is 8.42. The Morgan fingerprint density at radius 2 is 1.78 bits per heavy atom. The van der Waals surface area contributed by atoms with Gasteiger partial charge in [0.05, 0.1) is 44.0 Å². The lowest BCUT2D eigenvalue weighted by molar-refractivity contribution is -0.132. The van der Waals surface area contributed by atoms with E-state index in [-0.39, 0.29) is 17.3 Å². The van der Waals surface area contributed by atoms with Crippen LogP contribution in [0.5, 0.6) is 17.2 Å². The maximum Gasteiger partial charge on any atom is 0.302 e. The molecule has 2 N–H and O–H groups in total. The molecule has 0 radical (unpaired) electrons. The molecule has 1 aliphatic rings. The van der Waals surface area contributed by atoms with E-state index in [0.717, 1.165) is 0 Å². The summed E-state index contributed by atoms with van der Waals surface area (Å²) in [7, 11) is 4.57. The molecule has 0 aliphatic carbocycles. The summed E-state index contributed by atoms with van der Waals surface area (Å²) in [5.74, 6) is -0.288. The summed E-state index contributed by atoms with van der Waals surface area (Å²) in [4.78, 5) is 39.9. The number of amides is 1. The zero-order valence-electron chi connectivity index (χ0n) is 20.6.